The van der Waals surface area contributed by atoms with Crippen LogP contribution in [-0.4, -0.2) is 59.5 Å². The number of aryl methyl sites for hydroxylation is 1. The Bertz CT molecular complexity index is 1680. The average Bonchev–Trinajstić information content (AvgIpc) is 3.41. The molecule has 0 spiro atoms. The first kappa shape index (κ1) is 23.4. The van der Waals surface area contributed by atoms with E-state index in [0.717, 1.165) is 16.5 Å². The maximum Gasteiger partial charge on any atom is 0.243 e. The van der Waals surface area contributed by atoms with Crippen molar-refractivity contribution >= 4 is 32.9 Å². The number of phenols is 1. The lowest BCUT2D eigenvalue weighted by Crippen LogP contribution is -2.40. The lowest BCUT2D eigenvalue weighted by Gasteiger charge is -2.26. The van der Waals surface area contributed by atoms with Gasteiger partial charge in [0.1, 0.15) is 22.7 Å². The first-order valence-electron chi connectivity index (χ1n) is 11.7. The van der Waals surface area contributed by atoms with E-state index in [-0.39, 0.29) is 22.0 Å². The molecule has 1 N–H and O–H groups in total. The summed E-state index contributed by atoms with van der Waals surface area (Å²) in [5, 5.41) is 10.9. The van der Waals surface area contributed by atoms with Crippen LogP contribution in [0.4, 0.5) is 0 Å². The van der Waals surface area contributed by atoms with Crippen LogP contribution in [0.1, 0.15) is 15.9 Å². The van der Waals surface area contributed by atoms with Crippen molar-refractivity contribution in [3.8, 4) is 22.6 Å². The third-order valence-corrected chi connectivity index (χ3v) is 8.53. The molecule has 1 fully saturated rings. The lowest BCUT2D eigenvalue weighted by molar-refractivity contribution is 0.0730. The number of pyridine rings is 1. The summed E-state index contributed by atoms with van der Waals surface area (Å²) in [6.45, 7) is 1.43. The number of Topliss-reactive ketones (excluding diaryl/α,β-unsaturated/α-hetero) is 1. The van der Waals surface area contributed by atoms with E-state index in [0.29, 0.717) is 43.3 Å². The van der Waals surface area contributed by atoms with Crippen LogP contribution < -0.4 is 4.74 Å². The van der Waals surface area contributed by atoms with E-state index in [9.17, 15) is 18.3 Å². The second-order valence-electron chi connectivity index (χ2n) is 8.88. The van der Waals surface area contributed by atoms with Gasteiger partial charge in [0.15, 0.2) is 5.76 Å². The zero-order valence-electron chi connectivity index (χ0n) is 19.9. The molecular weight excluding hydrogens is 494 g/mol. The number of sulfonamides is 1. The van der Waals surface area contributed by atoms with Crippen LogP contribution in [0.25, 0.3) is 28.2 Å². The normalized spacial score (nSPS) is 17.3. The number of hydrogen-bond donors (Lipinski definition) is 1. The molecule has 2 aromatic carbocycles. The number of morpholine rings is 1. The molecule has 2 aliphatic rings. The Labute approximate surface area is 213 Å². The standard InChI is InChI=1S/C27H23N3O6S/c1-29-16-18(15-23-26(32)25-21(31)3-2-4-22(25)36-23)24-20(9-10-28-27(24)29)17-5-7-19(8-6-17)37(33,34)30-11-13-35-14-12-30/h2-10,15-16,31H,11-14H2,1H3. The van der Waals surface area contributed by atoms with Crippen molar-refractivity contribution in [2.75, 3.05) is 26.3 Å². The SMILES string of the molecule is Cn1cc(C=C2Oc3cccc(O)c3C2=O)c2c(-c3ccc(S(=O)(=O)N4CCOCC4)cc3)ccnc21. The van der Waals surface area contributed by atoms with Crippen LogP contribution in [-0.2, 0) is 21.8 Å². The highest BCUT2D eigenvalue weighted by molar-refractivity contribution is 7.89. The highest BCUT2D eigenvalue weighted by Crippen LogP contribution is 2.39. The Hall–Kier alpha value is -3.99. The Morgan fingerprint density at radius 3 is 2.54 bits per heavy atom. The number of ketones is 1. The Morgan fingerprint density at radius 2 is 1.81 bits per heavy atom. The fraction of sp³-hybridized carbons (Fsp3) is 0.185. The summed E-state index contributed by atoms with van der Waals surface area (Å²) in [4.78, 5) is 17.7. The van der Waals surface area contributed by atoms with Crippen molar-refractivity contribution in [2.24, 2.45) is 7.05 Å². The van der Waals surface area contributed by atoms with Gasteiger partial charge in [-0.15, -0.1) is 0 Å². The maximum atomic E-state index is 13.0. The number of aromatic hydroxyl groups is 1. The first-order chi connectivity index (χ1) is 17.8. The van der Waals surface area contributed by atoms with Crippen molar-refractivity contribution in [1.29, 1.82) is 0 Å². The third kappa shape index (κ3) is 3.90. The molecule has 0 radical (unpaired) electrons. The summed E-state index contributed by atoms with van der Waals surface area (Å²) in [5.74, 6) is -0.107. The first-order valence-corrected chi connectivity index (χ1v) is 13.2. The van der Waals surface area contributed by atoms with E-state index in [1.807, 2.05) is 23.9 Å². The molecule has 1 saturated heterocycles. The molecule has 0 amide bonds. The summed E-state index contributed by atoms with van der Waals surface area (Å²) >= 11 is 0. The van der Waals surface area contributed by atoms with Crippen molar-refractivity contribution < 1.29 is 27.8 Å². The number of allylic oxidation sites excluding steroid dienone is 1. The largest absolute Gasteiger partial charge is 0.507 e. The van der Waals surface area contributed by atoms with Crippen molar-refractivity contribution in [3.05, 3.63) is 77.8 Å². The second-order valence-corrected chi connectivity index (χ2v) is 10.8. The predicted molar refractivity (Wildman–Crippen MR) is 137 cm³/mol. The molecule has 188 valence electrons. The van der Waals surface area contributed by atoms with Crippen molar-refractivity contribution in [2.45, 2.75) is 4.90 Å². The van der Waals surface area contributed by atoms with Gasteiger partial charge in [0.05, 0.1) is 18.1 Å². The Morgan fingerprint density at radius 1 is 1.05 bits per heavy atom. The molecule has 10 heteroatoms. The van der Waals surface area contributed by atoms with E-state index in [1.54, 1.807) is 48.7 Å². The van der Waals surface area contributed by atoms with Crippen LogP contribution in [0.2, 0.25) is 0 Å². The number of ether oxygens (including phenoxy) is 2. The molecule has 0 aliphatic carbocycles. The third-order valence-electron chi connectivity index (χ3n) is 6.62. The van der Waals surface area contributed by atoms with Gasteiger partial charge in [-0.25, -0.2) is 13.4 Å². The highest BCUT2D eigenvalue weighted by Gasteiger charge is 2.31. The molecular formula is C27H23N3O6S. The van der Waals surface area contributed by atoms with E-state index < -0.39 is 15.8 Å². The van der Waals surface area contributed by atoms with Crippen LogP contribution in [0.15, 0.2) is 71.6 Å². The summed E-state index contributed by atoms with van der Waals surface area (Å²) in [6, 6.07) is 13.3. The van der Waals surface area contributed by atoms with Crippen molar-refractivity contribution in [1.82, 2.24) is 13.9 Å². The summed E-state index contributed by atoms with van der Waals surface area (Å²) in [7, 11) is -1.75. The summed E-state index contributed by atoms with van der Waals surface area (Å²) in [5.41, 5.74) is 3.18. The zero-order valence-corrected chi connectivity index (χ0v) is 20.7. The Balaban J connectivity index is 1.40. The average molecular weight is 518 g/mol. The molecule has 4 aromatic rings. The van der Waals surface area contributed by atoms with Crippen molar-refractivity contribution in [3.63, 3.8) is 0 Å². The van der Waals surface area contributed by atoms with E-state index in [1.165, 1.54) is 10.4 Å². The smallest absolute Gasteiger partial charge is 0.243 e. The van der Waals surface area contributed by atoms with Crippen LogP contribution in [0.5, 0.6) is 11.5 Å². The monoisotopic (exact) mass is 517 g/mol. The van der Waals surface area contributed by atoms with Gasteiger partial charge in [0.2, 0.25) is 15.8 Å². The number of fused-ring (bicyclic) bond motifs is 2. The topological polar surface area (TPSA) is 111 Å². The number of hydrogen-bond acceptors (Lipinski definition) is 7. The lowest BCUT2D eigenvalue weighted by atomic mass is 10.0. The number of benzene rings is 2. The predicted octanol–water partition coefficient (Wildman–Crippen LogP) is 3.58. The second kappa shape index (κ2) is 8.84. The molecule has 9 nitrogen and oxygen atoms in total. The quantitative estimate of drug-likeness (QED) is 0.412. The van der Waals surface area contributed by atoms with Crippen LogP contribution in [0, 0.1) is 0 Å². The maximum absolute atomic E-state index is 13.0. The molecule has 2 aliphatic heterocycles. The molecule has 4 heterocycles. The van der Waals surface area contributed by atoms with Gasteiger partial charge >= 0.3 is 0 Å². The zero-order chi connectivity index (χ0) is 25.7. The van der Waals surface area contributed by atoms with Gasteiger partial charge in [-0.05, 0) is 47.5 Å². The molecule has 0 bridgehead atoms. The fourth-order valence-corrected chi connectivity index (χ4v) is 6.19. The molecule has 0 unspecified atom stereocenters. The molecule has 6 rings (SSSR count). The van der Waals surface area contributed by atoms with Gasteiger partial charge in [-0.2, -0.15) is 4.31 Å². The summed E-state index contributed by atoms with van der Waals surface area (Å²) in [6.07, 6.45) is 5.19. The number of aromatic nitrogens is 2. The number of carbonyl (C=O) groups excluding carboxylic acids is 1. The Kier molecular flexibility index (Phi) is 5.59. The van der Waals surface area contributed by atoms with Gasteiger partial charge in [0, 0.05) is 43.5 Å². The molecule has 2 aromatic heterocycles. The number of phenolic OH excluding ortho intramolecular Hbond substituents is 1. The van der Waals surface area contributed by atoms with Crippen LogP contribution >= 0.6 is 0 Å². The fourth-order valence-electron chi connectivity index (χ4n) is 4.79. The van der Waals surface area contributed by atoms with Crippen LogP contribution in [0.3, 0.4) is 0 Å². The number of rotatable bonds is 4. The van der Waals surface area contributed by atoms with E-state index in [2.05, 4.69) is 4.98 Å². The van der Waals surface area contributed by atoms with Gasteiger partial charge in [0.25, 0.3) is 0 Å². The molecule has 0 atom stereocenters. The number of carbonyl (C=O) groups is 1. The molecule has 37 heavy (non-hydrogen) atoms. The summed E-state index contributed by atoms with van der Waals surface area (Å²) < 4.78 is 40.4. The van der Waals surface area contributed by atoms with Gasteiger partial charge in [-0.3, -0.25) is 4.79 Å². The van der Waals surface area contributed by atoms with Gasteiger partial charge < -0.3 is 19.1 Å². The minimum atomic E-state index is -3.61. The minimum Gasteiger partial charge on any atom is -0.507 e. The van der Waals surface area contributed by atoms with E-state index >= 15 is 0 Å². The van der Waals surface area contributed by atoms with E-state index in [4.69, 9.17) is 9.47 Å². The number of nitrogens with zero attached hydrogens (tertiary/aromatic N) is 3. The minimum absolute atomic E-state index is 0.103. The molecule has 0 saturated carbocycles. The highest BCUT2D eigenvalue weighted by atomic mass is 32.2. The van der Waals surface area contributed by atoms with Gasteiger partial charge in [-0.1, -0.05) is 18.2 Å².